The van der Waals surface area contributed by atoms with E-state index in [1.165, 1.54) is 11.6 Å². The van der Waals surface area contributed by atoms with E-state index in [1.54, 1.807) is 25.3 Å². The van der Waals surface area contributed by atoms with Crippen LogP contribution in [0.5, 0.6) is 5.75 Å². The highest BCUT2D eigenvalue weighted by Gasteiger charge is 2.14. The number of ether oxygens (including phenoxy) is 1. The molecule has 1 heterocycles. The van der Waals surface area contributed by atoms with Crippen molar-refractivity contribution in [3.05, 3.63) is 102 Å². The lowest BCUT2D eigenvalue weighted by Gasteiger charge is -2.09. The van der Waals surface area contributed by atoms with Gasteiger partial charge in [-0.15, -0.1) is 0 Å². The van der Waals surface area contributed by atoms with E-state index in [4.69, 9.17) is 9.84 Å². The van der Waals surface area contributed by atoms with Crippen LogP contribution >= 0.6 is 0 Å². The van der Waals surface area contributed by atoms with Crippen molar-refractivity contribution in [2.75, 3.05) is 7.11 Å². The maximum Gasteiger partial charge on any atom is 0.220 e. The van der Waals surface area contributed by atoms with Crippen molar-refractivity contribution >= 4 is 5.91 Å². The van der Waals surface area contributed by atoms with Gasteiger partial charge in [0.25, 0.3) is 0 Å². The first-order valence-corrected chi connectivity index (χ1v) is 10.8. The zero-order valence-electron chi connectivity index (χ0n) is 18.7. The zero-order valence-corrected chi connectivity index (χ0v) is 18.7. The Balaban J connectivity index is 1.51. The summed E-state index contributed by atoms with van der Waals surface area (Å²) in [7, 11) is 1.63. The second-order valence-electron chi connectivity index (χ2n) is 7.86. The van der Waals surface area contributed by atoms with Gasteiger partial charge >= 0.3 is 0 Å². The summed E-state index contributed by atoms with van der Waals surface area (Å²) in [6, 6.07) is 24.4. The molecule has 0 radical (unpaired) electrons. The summed E-state index contributed by atoms with van der Waals surface area (Å²) < 4.78 is 20.9. The summed E-state index contributed by atoms with van der Waals surface area (Å²) in [5.74, 6) is 0.308. The van der Waals surface area contributed by atoms with Crippen molar-refractivity contribution in [1.29, 1.82) is 0 Å². The number of rotatable bonds is 8. The Hall–Kier alpha value is -3.93. The molecule has 5 nitrogen and oxygen atoms in total. The predicted octanol–water partition coefficient (Wildman–Crippen LogP) is 5.24. The SMILES string of the molecule is COc1ccc(-n2nc(CCC(=O)NCc3ccccc3F)cc2-c2ccc(C)cc2)cc1. The van der Waals surface area contributed by atoms with Crippen molar-refractivity contribution < 1.29 is 13.9 Å². The minimum absolute atomic E-state index is 0.144. The van der Waals surface area contributed by atoms with Gasteiger partial charge < -0.3 is 10.1 Å². The molecule has 1 amide bonds. The first-order valence-electron chi connectivity index (χ1n) is 10.8. The van der Waals surface area contributed by atoms with E-state index in [1.807, 2.05) is 35.0 Å². The third-order valence-corrected chi connectivity index (χ3v) is 5.47. The Morgan fingerprint density at radius 3 is 2.45 bits per heavy atom. The van der Waals surface area contributed by atoms with Crippen LogP contribution in [0, 0.1) is 12.7 Å². The second-order valence-corrected chi connectivity index (χ2v) is 7.86. The first kappa shape index (κ1) is 22.3. The molecule has 4 aromatic rings. The van der Waals surface area contributed by atoms with Crippen LogP contribution in [0.15, 0.2) is 78.9 Å². The number of aromatic nitrogens is 2. The highest BCUT2D eigenvalue weighted by atomic mass is 19.1. The van der Waals surface area contributed by atoms with Gasteiger partial charge in [0.2, 0.25) is 5.91 Å². The van der Waals surface area contributed by atoms with Crippen LogP contribution in [0.3, 0.4) is 0 Å². The Morgan fingerprint density at radius 2 is 1.76 bits per heavy atom. The molecule has 0 atom stereocenters. The van der Waals surface area contributed by atoms with Crippen molar-refractivity contribution in [3.63, 3.8) is 0 Å². The normalized spacial score (nSPS) is 10.8. The van der Waals surface area contributed by atoms with Crippen LogP contribution < -0.4 is 10.1 Å². The molecule has 0 fully saturated rings. The number of benzene rings is 3. The molecule has 0 aliphatic rings. The summed E-state index contributed by atoms with van der Waals surface area (Å²) in [5.41, 5.74) is 5.35. The molecule has 0 bridgehead atoms. The van der Waals surface area contributed by atoms with Gasteiger partial charge in [0, 0.05) is 30.5 Å². The fourth-order valence-electron chi connectivity index (χ4n) is 3.57. The molecule has 0 saturated carbocycles. The van der Waals surface area contributed by atoms with E-state index in [9.17, 15) is 9.18 Å². The Kier molecular flexibility index (Phi) is 6.83. The number of methoxy groups -OCH3 is 1. The van der Waals surface area contributed by atoms with Gasteiger partial charge in [-0.3, -0.25) is 4.79 Å². The third kappa shape index (κ3) is 5.47. The Labute approximate surface area is 192 Å². The molecule has 4 rings (SSSR count). The average molecular weight is 444 g/mol. The molecule has 1 aromatic heterocycles. The predicted molar refractivity (Wildman–Crippen MR) is 127 cm³/mol. The highest BCUT2D eigenvalue weighted by molar-refractivity contribution is 5.76. The molecular formula is C27H26FN3O2. The highest BCUT2D eigenvalue weighted by Crippen LogP contribution is 2.26. The minimum Gasteiger partial charge on any atom is -0.497 e. The van der Waals surface area contributed by atoms with Crippen LogP contribution in [0.4, 0.5) is 4.39 Å². The largest absolute Gasteiger partial charge is 0.497 e. The molecule has 0 aliphatic heterocycles. The van der Waals surface area contributed by atoms with Gasteiger partial charge in [-0.1, -0.05) is 48.0 Å². The van der Waals surface area contributed by atoms with Crippen molar-refractivity contribution in [2.45, 2.75) is 26.3 Å². The lowest BCUT2D eigenvalue weighted by atomic mass is 10.1. The monoisotopic (exact) mass is 443 g/mol. The number of hydrogen-bond acceptors (Lipinski definition) is 3. The lowest BCUT2D eigenvalue weighted by molar-refractivity contribution is -0.121. The van der Waals surface area contributed by atoms with E-state index < -0.39 is 0 Å². The first-order chi connectivity index (χ1) is 16.0. The summed E-state index contributed by atoms with van der Waals surface area (Å²) in [4.78, 5) is 12.4. The number of hydrogen-bond donors (Lipinski definition) is 1. The fraction of sp³-hybridized carbons (Fsp3) is 0.185. The van der Waals surface area contributed by atoms with E-state index in [0.717, 1.165) is 28.4 Å². The van der Waals surface area contributed by atoms with Gasteiger partial charge in [0.1, 0.15) is 11.6 Å². The minimum atomic E-state index is -0.321. The maximum absolute atomic E-state index is 13.8. The number of carbonyl (C=O) groups is 1. The van der Waals surface area contributed by atoms with Crippen LogP contribution in [0.25, 0.3) is 16.9 Å². The maximum atomic E-state index is 13.8. The van der Waals surface area contributed by atoms with Gasteiger partial charge in [-0.2, -0.15) is 5.10 Å². The van der Waals surface area contributed by atoms with E-state index >= 15 is 0 Å². The fourth-order valence-corrected chi connectivity index (χ4v) is 3.57. The summed E-state index contributed by atoms with van der Waals surface area (Å²) in [5, 5.41) is 7.56. The standard InChI is InChI=1S/C27H26FN3O2/c1-19-7-9-20(10-8-19)26-17-22(30-31(26)23-12-14-24(33-2)15-13-23)11-16-27(32)29-18-21-5-3-4-6-25(21)28/h3-10,12-15,17H,11,16,18H2,1-2H3,(H,29,32). The zero-order chi connectivity index (χ0) is 23.2. The van der Waals surface area contributed by atoms with Crippen molar-refractivity contribution in [3.8, 4) is 22.7 Å². The number of nitrogens with zero attached hydrogens (tertiary/aromatic N) is 2. The molecule has 0 spiro atoms. The molecule has 0 saturated heterocycles. The van der Waals surface area contributed by atoms with Crippen LogP contribution in [-0.4, -0.2) is 22.8 Å². The van der Waals surface area contributed by atoms with E-state index in [0.29, 0.717) is 12.0 Å². The van der Waals surface area contributed by atoms with Crippen LogP contribution in [-0.2, 0) is 17.8 Å². The van der Waals surface area contributed by atoms with Gasteiger partial charge in [0.15, 0.2) is 0 Å². The molecule has 168 valence electrons. The lowest BCUT2D eigenvalue weighted by Crippen LogP contribution is -2.23. The van der Waals surface area contributed by atoms with E-state index in [-0.39, 0.29) is 24.7 Å². The quantitative estimate of drug-likeness (QED) is 0.405. The van der Waals surface area contributed by atoms with Crippen LogP contribution in [0.2, 0.25) is 0 Å². The summed E-state index contributed by atoms with van der Waals surface area (Å²) >= 11 is 0. The molecule has 33 heavy (non-hydrogen) atoms. The number of halogens is 1. The number of amides is 1. The van der Waals surface area contributed by atoms with Gasteiger partial charge in [0.05, 0.1) is 24.2 Å². The molecule has 6 heteroatoms. The van der Waals surface area contributed by atoms with Crippen molar-refractivity contribution in [2.24, 2.45) is 0 Å². The second kappa shape index (κ2) is 10.1. The average Bonchev–Trinajstić information content (AvgIpc) is 3.27. The third-order valence-electron chi connectivity index (χ3n) is 5.47. The number of aryl methyl sites for hydroxylation is 2. The molecular weight excluding hydrogens is 417 g/mol. The number of nitrogens with one attached hydrogen (secondary N) is 1. The van der Waals surface area contributed by atoms with Gasteiger partial charge in [-0.05, 0) is 43.3 Å². The van der Waals surface area contributed by atoms with Gasteiger partial charge in [-0.25, -0.2) is 9.07 Å². The Bertz CT molecular complexity index is 1230. The number of carbonyl (C=O) groups excluding carboxylic acids is 1. The van der Waals surface area contributed by atoms with Crippen LogP contribution in [0.1, 0.15) is 23.2 Å². The smallest absolute Gasteiger partial charge is 0.220 e. The Morgan fingerprint density at radius 1 is 1.03 bits per heavy atom. The van der Waals surface area contributed by atoms with Crippen molar-refractivity contribution in [1.82, 2.24) is 15.1 Å². The van der Waals surface area contributed by atoms with E-state index in [2.05, 4.69) is 36.5 Å². The summed E-state index contributed by atoms with van der Waals surface area (Å²) in [6.07, 6.45) is 0.743. The summed E-state index contributed by atoms with van der Waals surface area (Å²) in [6.45, 7) is 2.22. The molecule has 0 aliphatic carbocycles. The molecule has 0 unspecified atom stereocenters. The topological polar surface area (TPSA) is 56.2 Å². The molecule has 3 aromatic carbocycles. The molecule has 1 N–H and O–H groups in total.